The summed E-state index contributed by atoms with van der Waals surface area (Å²) < 4.78 is 0. The molecule has 3 rings (SSSR count). The van der Waals surface area contributed by atoms with Gasteiger partial charge in [0.05, 0.1) is 40.3 Å². The molecule has 4 heteroatoms. The molecule has 122 valence electrons. The van der Waals surface area contributed by atoms with E-state index in [9.17, 15) is 4.79 Å². The molecule has 0 saturated carbocycles. The first-order valence-corrected chi connectivity index (χ1v) is 8.54. The van der Waals surface area contributed by atoms with Crippen molar-refractivity contribution in [2.45, 2.75) is 0 Å². The largest absolute Gasteiger partial charge is 0.335 e. The van der Waals surface area contributed by atoms with Crippen LogP contribution in [0.4, 0.5) is 0 Å². The molecule has 1 heterocycles. The SMILES string of the molecule is C[NH+](C)CC[NH+]1CCN(C(=O)c2ccc3ccccc3c2)CC1. The minimum atomic E-state index is 0.174. The summed E-state index contributed by atoms with van der Waals surface area (Å²) in [6.07, 6.45) is 0. The predicted molar refractivity (Wildman–Crippen MR) is 93.1 cm³/mol. The second-order valence-corrected chi connectivity index (χ2v) is 6.81. The summed E-state index contributed by atoms with van der Waals surface area (Å²) in [5.41, 5.74) is 0.810. The van der Waals surface area contributed by atoms with Crippen molar-refractivity contribution >= 4 is 16.7 Å². The van der Waals surface area contributed by atoms with Crippen LogP contribution in [0.1, 0.15) is 10.4 Å². The van der Waals surface area contributed by atoms with Gasteiger partial charge in [0, 0.05) is 5.56 Å². The first-order chi connectivity index (χ1) is 11.1. The number of nitrogens with one attached hydrogen (secondary N) is 2. The molecule has 0 aromatic heterocycles. The molecule has 1 aliphatic heterocycles. The molecule has 4 nitrogen and oxygen atoms in total. The summed E-state index contributed by atoms with van der Waals surface area (Å²) in [6.45, 7) is 6.24. The lowest BCUT2D eigenvalue weighted by Gasteiger charge is -2.32. The number of benzene rings is 2. The number of rotatable bonds is 4. The second kappa shape index (κ2) is 7.11. The number of piperazine rings is 1. The molecule has 0 bridgehead atoms. The number of likely N-dealkylation sites (N-methyl/N-ethyl adjacent to an activating group) is 1. The van der Waals surface area contributed by atoms with Crippen LogP contribution in [0, 0.1) is 0 Å². The average molecular weight is 313 g/mol. The molecule has 0 atom stereocenters. The molecule has 2 aromatic rings. The van der Waals surface area contributed by atoms with Crippen molar-refractivity contribution < 1.29 is 14.6 Å². The molecule has 2 N–H and O–H groups in total. The van der Waals surface area contributed by atoms with E-state index in [-0.39, 0.29) is 5.91 Å². The Bertz CT molecular complexity index is 675. The number of carbonyl (C=O) groups is 1. The van der Waals surface area contributed by atoms with Crippen molar-refractivity contribution in [1.82, 2.24) is 4.90 Å². The van der Waals surface area contributed by atoms with Gasteiger partial charge in [0.15, 0.2) is 0 Å². The average Bonchev–Trinajstić information content (AvgIpc) is 2.59. The minimum absolute atomic E-state index is 0.174. The van der Waals surface area contributed by atoms with Gasteiger partial charge in [-0.3, -0.25) is 4.79 Å². The minimum Gasteiger partial charge on any atom is -0.335 e. The van der Waals surface area contributed by atoms with Gasteiger partial charge in [0.2, 0.25) is 0 Å². The van der Waals surface area contributed by atoms with Crippen LogP contribution in [0.5, 0.6) is 0 Å². The van der Waals surface area contributed by atoms with Gasteiger partial charge in [0.1, 0.15) is 13.1 Å². The smallest absolute Gasteiger partial charge is 0.254 e. The van der Waals surface area contributed by atoms with E-state index < -0.39 is 0 Å². The molecular formula is C19H27N3O+2. The lowest BCUT2D eigenvalue weighted by atomic mass is 10.1. The molecule has 0 aliphatic carbocycles. The van der Waals surface area contributed by atoms with E-state index >= 15 is 0 Å². The summed E-state index contributed by atoms with van der Waals surface area (Å²) in [4.78, 5) is 17.9. The zero-order valence-electron chi connectivity index (χ0n) is 14.1. The molecule has 1 amide bonds. The van der Waals surface area contributed by atoms with E-state index in [1.54, 1.807) is 4.90 Å². The fourth-order valence-corrected chi connectivity index (χ4v) is 3.21. The standard InChI is InChI=1S/C19H25N3O/c1-20(2)9-10-21-11-13-22(14-12-21)19(23)18-8-7-16-5-3-4-6-17(16)15-18/h3-8,15H,9-14H2,1-2H3/p+2. The third-order valence-electron chi connectivity index (χ3n) is 4.73. The molecule has 1 fully saturated rings. The molecule has 1 aliphatic rings. The number of quaternary nitrogens is 2. The lowest BCUT2D eigenvalue weighted by Crippen LogP contribution is -3.19. The zero-order valence-corrected chi connectivity index (χ0v) is 14.1. The van der Waals surface area contributed by atoms with Crippen LogP contribution in [0.3, 0.4) is 0 Å². The van der Waals surface area contributed by atoms with Gasteiger partial charge in [-0.1, -0.05) is 30.3 Å². The van der Waals surface area contributed by atoms with Crippen LogP contribution in [0.15, 0.2) is 42.5 Å². The molecule has 23 heavy (non-hydrogen) atoms. The van der Waals surface area contributed by atoms with E-state index in [0.717, 1.165) is 37.1 Å². The Kier molecular flexibility index (Phi) is 4.94. The summed E-state index contributed by atoms with van der Waals surface area (Å²) in [6, 6.07) is 14.2. The van der Waals surface area contributed by atoms with Gasteiger partial charge in [-0.15, -0.1) is 0 Å². The predicted octanol–water partition coefficient (Wildman–Crippen LogP) is -0.675. The van der Waals surface area contributed by atoms with Crippen LogP contribution >= 0.6 is 0 Å². The number of nitrogens with zero attached hydrogens (tertiary/aromatic N) is 1. The van der Waals surface area contributed by atoms with Crippen molar-refractivity contribution in [2.75, 3.05) is 53.4 Å². The van der Waals surface area contributed by atoms with Crippen LogP contribution in [0.2, 0.25) is 0 Å². The lowest BCUT2D eigenvalue weighted by molar-refractivity contribution is -0.943. The van der Waals surface area contributed by atoms with Gasteiger partial charge >= 0.3 is 0 Å². The third-order valence-corrected chi connectivity index (χ3v) is 4.73. The van der Waals surface area contributed by atoms with Gasteiger partial charge in [0.25, 0.3) is 5.91 Å². The summed E-state index contributed by atoms with van der Waals surface area (Å²) >= 11 is 0. The third kappa shape index (κ3) is 3.89. The highest BCUT2D eigenvalue weighted by atomic mass is 16.2. The molecule has 2 aromatic carbocycles. The van der Waals surface area contributed by atoms with Crippen LogP contribution in [0.25, 0.3) is 10.8 Å². The van der Waals surface area contributed by atoms with Gasteiger partial charge in [-0.2, -0.15) is 0 Å². The van der Waals surface area contributed by atoms with Crippen LogP contribution in [-0.2, 0) is 0 Å². The Morgan fingerprint density at radius 1 is 1.09 bits per heavy atom. The van der Waals surface area contributed by atoms with Crippen LogP contribution < -0.4 is 9.80 Å². The fourth-order valence-electron chi connectivity index (χ4n) is 3.21. The highest BCUT2D eigenvalue weighted by Crippen LogP contribution is 2.16. The Hall–Kier alpha value is -1.91. The van der Waals surface area contributed by atoms with Gasteiger partial charge < -0.3 is 14.7 Å². The van der Waals surface area contributed by atoms with Crippen molar-refractivity contribution in [3.8, 4) is 0 Å². The van der Waals surface area contributed by atoms with Crippen LogP contribution in [-0.4, -0.2) is 64.2 Å². The normalized spacial score (nSPS) is 16.2. The van der Waals surface area contributed by atoms with E-state index in [0.29, 0.717) is 0 Å². The Morgan fingerprint density at radius 2 is 1.78 bits per heavy atom. The van der Waals surface area contributed by atoms with E-state index in [1.165, 1.54) is 23.4 Å². The highest BCUT2D eigenvalue weighted by Gasteiger charge is 2.24. The van der Waals surface area contributed by atoms with E-state index in [2.05, 4.69) is 26.2 Å². The van der Waals surface area contributed by atoms with Crippen molar-refractivity contribution in [1.29, 1.82) is 0 Å². The fraction of sp³-hybridized carbons (Fsp3) is 0.421. The van der Waals surface area contributed by atoms with E-state index in [4.69, 9.17) is 0 Å². The maximum absolute atomic E-state index is 12.7. The molecule has 0 radical (unpaired) electrons. The molecule has 0 spiro atoms. The maximum Gasteiger partial charge on any atom is 0.254 e. The quantitative estimate of drug-likeness (QED) is 0.770. The molecule has 0 unspecified atom stereocenters. The maximum atomic E-state index is 12.7. The molecular weight excluding hydrogens is 286 g/mol. The second-order valence-electron chi connectivity index (χ2n) is 6.81. The zero-order chi connectivity index (χ0) is 16.2. The summed E-state index contributed by atoms with van der Waals surface area (Å²) in [5.74, 6) is 0.174. The van der Waals surface area contributed by atoms with E-state index in [1.807, 2.05) is 35.2 Å². The first kappa shape index (κ1) is 16.0. The van der Waals surface area contributed by atoms with Crippen molar-refractivity contribution in [3.05, 3.63) is 48.0 Å². The molecule has 1 saturated heterocycles. The Balaban J connectivity index is 1.62. The van der Waals surface area contributed by atoms with Crippen molar-refractivity contribution in [3.63, 3.8) is 0 Å². The number of hydrogen-bond donors (Lipinski definition) is 2. The first-order valence-electron chi connectivity index (χ1n) is 8.54. The number of amides is 1. The monoisotopic (exact) mass is 313 g/mol. The van der Waals surface area contributed by atoms with Gasteiger partial charge in [-0.25, -0.2) is 0 Å². The number of hydrogen-bond acceptors (Lipinski definition) is 1. The Labute approximate surface area is 138 Å². The Morgan fingerprint density at radius 3 is 2.48 bits per heavy atom. The highest BCUT2D eigenvalue weighted by molar-refractivity contribution is 5.98. The number of fused-ring (bicyclic) bond motifs is 1. The summed E-state index contributed by atoms with van der Waals surface area (Å²) in [7, 11) is 4.39. The summed E-state index contributed by atoms with van der Waals surface area (Å²) in [5, 5.41) is 2.32. The van der Waals surface area contributed by atoms with Gasteiger partial charge in [-0.05, 0) is 22.9 Å². The topological polar surface area (TPSA) is 29.2 Å². The van der Waals surface area contributed by atoms with Crippen molar-refractivity contribution in [2.24, 2.45) is 0 Å². The number of carbonyl (C=O) groups excluding carboxylic acids is 1.